The van der Waals surface area contributed by atoms with Crippen molar-refractivity contribution in [3.63, 3.8) is 0 Å². The monoisotopic (exact) mass is 306 g/mol. The summed E-state index contributed by atoms with van der Waals surface area (Å²) in [7, 11) is -2.23. The molecule has 6 nitrogen and oxygen atoms in total. The third kappa shape index (κ3) is 3.45. The van der Waals surface area contributed by atoms with Crippen molar-refractivity contribution in [2.24, 2.45) is 0 Å². The second-order valence-electron chi connectivity index (χ2n) is 4.41. The Bertz CT molecular complexity index is 727. The van der Waals surface area contributed by atoms with Crippen LogP contribution in [-0.4, -0.2) is 35.8 Å². The Morgan fingerprint density at radius 3 is 2.38 bits per heavy atom. The SMILES string of the molecule is CN(Cc1ccccn1)S(=O)(=O)c1ccc(C(=O)O)cc1. The van der Waals surface area contributed by atoms with Crippen LogP contribution in [-0.2, 0) is 16.6 Å². The molecule has 0 aliphatic rings. The lowest BCUT2D eigenvalue weighted by Crippen LogP contribution is -2.26. The van der Waals surface area contributed by atoms with Crippen molar-refractivity contribution in [2.75, 3.05) is 7.05 Å². The number of hydrogen-bond donors (Lipinski definition) is 1. The molecule has 0 amide bonds. The molecular formula is C14H14N2O4S. The normalized spacial score (nSPS) is 11.5. The number of sulfonamides is 1. The lowest BCUT2D eigenvalue weighted by atomic mass is 10.2. The van der Waals surface area contributed by atoms with Gasteiger partial charge in [0.25, 0.3) is 0 Å². The maximum absolute atomic E-state index is 12.4. The van der Waals surface area contributed by atoms with Crippen molar-refractivity contribution in [1.82, 2.24) is 9.29 Å². The first kappa shape index (κ1) is 15.1. The minimum absolute atomic E-state index is 0.0429. The molecule has 0 radical (unpaired) electrons. The van der Waals surface area contributed by atoms with Gasteiger partial charge >= 0.3 is 5.97 Å². The second-order valence-corrected chi connectivity index (χ2v) is 6.46. The average molecular weight is 306 g/mol. The third-order valence-electron chi connectivity index (χ3n) is 2.92. The van der Waals surface area contributed by atoms with E-state index in [9.17, 15) is 13.2 Å². The van der Waals surface area contributed by atoms with Crippen molar-refractivity contribution in [3.8, 4) is 0 Å². The van der Waals surface area contributed by atoms with Crippen LogP contribution < -0.4 is 0 Å². The van der Waals surface area contributed by atoms with Gasteiger partial charge in [-0.1, -0.05) is 6.07 Å². The second kappa shape index (κ2) is 6.02. The van der Waals surface area contributed by atoms with Gasteiger partial charge in [-0.05, 0) is 36.4 Å². The molecule has 0 bridgehead atoms. The fraction of sp³-hybridized carbons (Fsp3) is 0.143. The minimum Gasteiger partial charge on any atom is -0.478 e. The van der Waals surface area contributed by atoms with E-state index in [1.54, 1.807) is 24.4 Å². The maximum atomic E-state index is 12.4. The summed E-state index contributed by atoms with van der Waals surface area (Å²) < 4.78 is 25.9. The van der Waals surface area contributed by atoms with Crippen molar-refractivity contribution >= 4 is 16.0 Å². The molecule has 110 valence electrons. The standard InChI is InChI=1S/C14H14N2O4S/c1-16(10-12-4-2-3-9-15-12)21(19,20)13-7-5-11(6-8-13)14(17)18/h2-9H,10H2,1H3,(H,17,18). The van der Waals surface area contributed by atoms with E-state index in [-0.39, 0.29) is 17.0 Å². The molecule has 2 aromatic rings. The van der Waals surface area contributed by atoms with Crippen LogP contribution in [0.4, 0.5) is 0 Å². The zero-order valence-corrected chi connectivity index (χ0v) is 12.1. The molecule has 0 saturated heterocycles. The Morgan fingerprint density at radius 1 is 1.19 bits per heavy atom. The summed E-state index contributed by atoms with van der Waals surface area (Å²) in [6.07, 6.45) is 1.59. The zero-order valence-electron chi connectivity index (χ0n) is 11.3. The maximum Gasteiger partial charge on any atom is 0.335 e. The number of carboxylic acids is 1. The highest BCUT2D eigenvalue weighted by Crippen LogP contribution is 2.17. The fourth-order valence-corrected chi connectivity index (χ4v) is 2.90. The lowest BCUT2D eigenvalue weighted by molar-refractivity contribution is 0.0696. The van der Waals surface area contributed by atoms with E-state index in [1.165, 1.54) is 35.6 Å². The Balaban J connectivity index is 2.22. The molecule has 0 aliphatic carbocycles. The van der Waals surface area contributed by atoms with Gasteiger partial charge in [0.15, 0.2) is 0 Å². The number of hydrogen-bond acceptors (Lipinski definition) is 4. The molecule has 0 aliphatic heterocycles. The van der Waals surface area contributed by atoms with Gasteiger partial charge in [0.1, 0.15) is 0 Å². The number of rotatable bonds is 5. The molecule has 0 atom stereocenters. The van der Waals surface area contributed by atoms with E-state index >= 15 is 0 Å². The Hall–Kier alpha value is -2.25. The molecule has 2 rings (SSSR count). The number of pyridine rings is 1. The van der Waals surface area contributed by atoms with E-state index in [0.29, 0.717) is 5.69 Å². The molecule has 1 N–H and O–H groups in total. The van der Waals surface area contributed by atoms with Crippen LogP contribution >= 0.6 is 0 Å². The van der Waals surface area contributed by atoms with Crippen LogP contribution in [0.1, 0.15) is 16.1 Å². The van der Waals surface area contributed by atoms with Crippen molar-refractivity contribution in [3.05, 3.63) is 59.9 Å². The number of carboxylic acid groups (broad SMARTS) is 1. The smallest absolute Gasteiger partial charge is 0.335 e. The van der Waals surface area contributed by atoms with Crippen LogP contribution in [0.15, 0.2) is 53.6 Å². The van der Waals surface area contributed by atoms with Crippen LogP contribution in [0.5, 0.6) is 0 Å². The van der Waals surface area contributed by atoms with E-state index in [4.69, 9.17) is 5.11 Å². The molecule has 0 fully saturated rings. The van der Waals surface area contributed by atoms with Crippen LogP contribution in [0.3, 0.4) is 0 Å². The van der Waals surface area contributed by atoms with Crippen LogP contribution in [0.2, 0.25) is 0 Å². The van der Waals surface area contributed by atoms with Gasteiger partial charge in [0.2, 0.25) is 10.0 Å². The van der Waals surface area contributed by atoms with Gasteiger partial charge in [0, 0.05) is 13.2 Å². The highest BCUT2D eigenvalue weighted by atomic mass is 32.2. The summed E-state index contributed by atoms with van der Waals surface area (Å²) in [4.78, 5) is 14.9. The zero-order chi connectivity index (χ0) is 15.5. The Labute approximate surface area is 122 Å². The van der Waals surface area contributed by atoms with Crippen LogP contribution in [0.25, 0.3) is 0 Å². The number of benzene rings is 1. The highest BCUT2D eigenvalue weighted by Gasteiger charge is 2.21. The van der Waals surface area contributed by atoms with E-state index in [2.05, 4.69) is 4.98 Å². The van der Waals surface area contributed by atoms with Crippen LogP contribution in [0, 0.1) is 0 Å². The summed E-state index contributed by atoms with van der Waals surface area (Å²) in [5, 5.41) is 8.81. The van der Waals surface area contributed by atoms with E-state index in [1.807, 2.05) is 0 Å². The van der Waals surface area contributed by atoms with E-state index < -0.39 is 16.0 Å². The van der Waals surface area contributed by atoms with Gasteiger partial charge in [-0.3, -0.25) is 4.98 Å². The molecule has 1 heterocycles. The van der Waals surface area contributed by atoms with Gasteiger partial charge in [-0.15, -0.1) is 0 Å². The summed E-state index contributed by atoms with van der Waals surface area (Å²) in [5.74, 6) is -1.10. The van der Waals surface area contributed by atoms with Gasteiger partial charge < -0.3 is 5.11 Å². The third-order valence-corrected chi connectivity index (χ3v) is 4.74. The van der Waals surface area contributed by atoms with E-state index in [0.717, 1.165) is 0 Å². The summed E-state index contributed by atoms with van der Waals surface area (Å²) in [5.41, 5.74) is 0.673. The average Bonchev–Trinajstić information content (AvgIpc) is 2.48. The Kier molecular flexibility index (Phi) is 4.35. The first-order valence-electron chi connectivity index (χ1n) is 6.11. The Morgan fingerprint density at radius 2 is 1.86 bits per heavy atom. The molecule has 0 spiro atoms. The summed E-state index contributed by atoms with van der Waals surface area (Å²) >= 11 is 0. The number of carbonyl (C=O) groups is 1. The predicted octanol–water partition coefficient (Wildman–Crippen LogP) is 1.60. The largest absolute Gasteiger partial charge is 0.478 e. The highest BCUT2D eigenvalue weighted by molar-refractivity contribution is 7.89. The van der Waals surface area contributed by atoms with Crippen molar-refractivity contribution < 1.29 is 18.3 Å². The summed E-state index contributed by atoms with van der Waals surface area (Å²) in [6.45, 7) is 0.143. The molecule has 0 saturated carbocycles. The molecule has 7 heteroatoms. The number of aromatic carboxylic acids is 1. The van der Waals surface area contributed by atoms with Gasteiger partial charge in [-0.25, -0.2) is 13.2 Å². The molecule has 1 aromatic carbocycles. The van der Waals surface area contributed by atoms with Crippen molar-refractivity contribution in [2.45, 2.75) is 11.4 Å². The molecule has 1 aromatic heterocycles. The first-order valence-corrected chi connectivity index (χ1v) is 7.55. The molecular weight excluding hydrogens is 292 g/mol. The molecule has 21 heavy (non-hydrogen) atoms. The van der Waals surface area contributed by atoms with Crippen molar-refractivity contribution in [1.29, 1.82) is 0 Å². The molecule has 0 unspecified atom stereocenters. The quantitative estimate of drug-likeness (QED) is 0.906. The van der Waals surface area contributed by atoms with Gasteiger partial charge in [0.05, 0.1) is 22.7 Å². The first-order chi connectivity index (χ1) is 9.91. The number of aromatic nitrogens is 1. The fourth-order valence-electron chi connectivity index (χ4n) is 1.75. The lowest BCUT2D eigenvalue weighted by Gasteiger charge is -2.16. The summed E-state index contributed by atoms with van der Waals surface area (Å²) in [6, 6.07) is 10.4. The predicted molar refractivity (Wildman–Crippen MR) is 76.3 cm³/mol. The van der Waals surface area contributed by atoms with Gasteiger partial charge in [-0.2, -0.15) is 4.31 Å². The number of nitrogens with zero attached hydrogens (tertiary/aromatic N) is 2. The minimum atomic E-state index is -3.68. The topological polar surface area (TPSA) is 87.6 Å².